The number of pyridine rings is 2. The van der Waals surface area contributed by atoms with E-state index in [2.05, 4.69) is 9.97 Å². The van der Waals surface area contributed by atoms with Gasteiger partial charge in [-0.25, -0.2) is 23.9 Å². The summed E-state index contributed by atoms with van der Waals surface area (Å²) >= 11 is 0. The Hall–Kier alpha value is -2.19. The molecule has 1 aromatic carbocycles. The summed E-state index contributed by atoms with van der Waals surface area (Å²) < 4.78 is 53.4. The number of hydrogen-bond donors (Lipinski definition) is 2. The third-order valence-corrected chi connectivity index (χ3v) is 5.95. The van der Waals surface area contributed by atoms with Crippen LogP contribution in [0.2, 0.25) is 0 Å². The molecular weight excluding hydrogens is 490 g/mol. The van der Waals surface area contributed by atoms with E-state index >= 15 is 0 Å². The molecule has 0 saturated carbocycles. The van der Waals surface area contributed by atoms with E-state index in [0.29, 0.717) is 28.2 Å². The number of anilines is 1. The fourth-order valence-corrected chi connectivity index (χ4v) is 3.73. The van der Waals surface area contributed by atoms with Crippen LogP contribution in [-0.2, 0) is 16.6 Å². The van der Waals surface area contributed by atoms with Gasteiger partial charge < -0.3 is 9.15 Å². The van der Waals surface area contributed by atoms with Crippen LogP contribution in [0.4, 0.5) is 10.2 Å². The molecule has 0 atom stereocenters. The summed E-state index contributed by atoms with van der Waals surface area (Å²) in [5, 5.41) is 0.656. The summed E-state index contributed by atoms with van der Waals surface area (Å²) in [7, 11) is -2.77. The molecule has 1 radical (unpaired) electrons. The Labute approximate surface area is 237 Å². The van der Waals surface area contributed by atoms with Crippen LogP contribution in [0.1, 0.15) is 16.7 Å². The Morgan fingerprint density at radius 2 is 1.91 bits per heavy atom. The van der Waals surface area contributed by atoms with E-state index in [0.717, 1.165) is 0 Å². The molecule has 0 saturated heterocycles. The van der Waals surface area contributed by atoms with E-state index in [9.17, 15) is 17.6 Å². The van der Waals surface area contributed by atoms with Gasteiger partial charge >= 0.3 is 5.63 Å². The van der Waals surface area contributed by atoms with Crippen LogP contribution in [0.3, 0.4) is 0 Å². The molecule has 0 amide bonds. The first kappa shape index (κ1) is 26.4. The molecule has 0 spiro atoms. The zero-order chi connectivity index (χ0) is 23.6. The van der Waals surface area contributed by atoms with Gasteiger partial charge in [0.05, 0.1) is 0 Å². The van der Waals surface area contributed by atoms with Crippen molar-refractivity contribution >= 4 is 78.4 Å². The van der Waals surface area contributed by atoms with Crippen LogP contribution in [0, 0.1) is 12.7 Å². The molecule has 34 heavy (non-hydrogen) atoms. The second-order valence-corrected chi connectivity index (χ2v) is 8.66. The molecule has 0 aliphatic carbocycles. The predicted octanol–water partition coefficient (Wildman–Crippen LogP) is 2.91. The van der Waals surface area contributed by atoms with Crippen molar-refractivity contribution in [1.29, 1.82) is 0 Å². The second-order valence-electron chi connectivity index (χ2n) is 7.04. The predicted molar refractivity (Wildman–Crippen MR) is 126 cm³/mol. The largest absolute Gasteiger partial charge is 0.439 e. The first-order valence-corrected chi connectivity index (χ1v) is 11.3. The minimum absolute atomic E-state index is 0. The van der Waals surface area contributed by atoms with Gasteiger partial charge in [-0.3, -0.25) is 4.72 Å². The monoisotopic (exact) mass is 509 g/mol. The number of nitrogens with one attached hydrogen (secondary N) is 2. The molecule has 4 aromatic rings. The Morgan fingerprint density at radius 1 is 1.12 bits per heavy atom. The van der Waals surface area contributed by atoms with Gasteiger partial charge in [-0.2, -0.15) is 8.42 Å². The number of ether oxygens (including phenoxy) is 1. The van der Waals surface area contributed by atoms with Gasteiger partial charge in [0.2, 0.25) is 5.88 Å². The first-order chi connectivity index (χ1) is 15.8. The van der Waals surface area contributed by atoms with Crippen LogP contribution in [0.15, 0.2) is 64.1 Å². The van der Waals surface area contributed by atoms with Crippen LogP contribution >= 0.6 is 0 Å². The fourth-order valence-electron chi connectivity index (χ4n) is 3.23. The van der Waals surface area contributed by atoms with Crippen molar-refractivity contribution in [3.8, 4) is 11.6 Å². The van der Waals surface area contributed by atoms with Crippen molar-refractivity contribution < 1.29 is 22.0 Å². The SMILES string of the molecule is CNS(=O)(=O)Nc1nccc(Cc2c(C)c3ccc(Oc4ccccn4)cc3oc2=O)c1F.[K]. The third-order valence-electron chi connectivity index (χ3n) is 4.96. The van der Waals surface area contributed by atoms with E-state index in [-0.39, 0.29) is 68.9 Å². The van der Waals surface area contributed by atoms with Gasteiger partial charge in [-0.05, 0) is 42.3 Å². The van der Waals surface area contributed by atoms with Crippen molar-refractivity contribution in [1.82, 2.24) is 14.7 Å². The quantitative estimate of drug-likeness (QED) is 0.290. The average molecular weight is 510 g/mol. The van der Waals surface area contributed by atoms with Crippen molar-refractivity contribution in [3.63, 3.8) is 0 Å². The summed E-state index contributed by atoms with van der Waals surface area (Å²) in [5.41, 5.74) is 0.618. The Bertz CT molecular complexity index is 1500. The molecule has 0 unspecified atom stereocenters. The molecule has 4 rings (SSSR count). The van der Waals surface area contributed by atoms with Crippen LogP contribution < -0.4 is 19.8 Å². The van der Waals surface area contributed by atoms with Gasteiger partial charge in [0.15, 0.2) is 11.6 Å². The van der Waals surface area contributed by atoms with E-state index in [1.165, 1.54) is 19.3 Å². The van der Waals surface area contributed by atoms with Crippen molar-refractivity contribution in [2.45, 2.75) is 13.3 Å². The molecule has 3 aromatic heterocycles. The Kier molecular flexibility index (Phi) is 8.57. The standard InChI is InChI=1S/C22H19FN4O5S.K/c1-13-16-7-6-15(31-19-5-3-4-9-25-19)12-18(16)32-22(28)17(13)11-14-8-10-26-21(20(14)23)27-33(29,30)24-2;/h3-10,12,24H,11H2,1-2H3,(H,26,27);. The van der Waals surface area contributed by atoms with E-state index < -0.39 is 27.5 Å². The molecule has 2 N–H and O–H groups in total. The van der Waals surface area contributed by atoms with Crippen LogP contribution in [-0.4, -0.2) is 76.8 Å². The Morgan fingerprint density at radius 3 is 2.62 bits per heavy atom. The molecule has 0 bridgehead atoms. The molecular formula is C22H19FKN4O5S. The van der Waals surface area contributed by atoms with Gasteiger partial charge in [0, 0.05) is 100 Å². The summed E-state index contributed by atoms with van der Waals surface area (Å²) in [6, 6.07) is 11.7. The molecule has 12 heteroatoms. The number of aryl methyl sites for hydroxylation is 1. The number of halogens is 1. The first-order valence-electron chi connectivity index (χ1n) is 9.77. The minimum Gasteiger partial charge on any atom is -0.439 e. The van der Waals surface area contributed by atoms with E-state index in [1.807, 2.05) is 9.44 Å². The summed E-state index contributed by atoms with van der Waals surface area (Å²) in [5.74, 6) is -0.515. The third kappa shape index (κ3) is 5.89. The maximum Gasteiger partial charge on any atom is 0.340 e. The van der Waals surface area contributed by atoms with Crippen molar-refractivity contribution in [3.05, 3.63) is 87.8 Å². The van der Waals surface area contributed by atoms with E-state index in [1.54, 1.807) is 49.5 Å². The second kappa shape index (κ2) is 11.0. The van der Waals surface area contributed by atoms with Gasteiger partial charge in [0.1, 0.15) is 11.3 Å². The summed E-state index contributed by atoms with van der Waals surface area (Å²) in [4.78, 5) is 20.5. The number of fused-ring (bicyclic) bond motifs is 1. The zero-order valence-corrected chi connectivity index (χ0v) is 22.6. The topological polar surface area (TPSA) is 123 Å². The van der Waals surface area contributed by atoms with E-state index in [4.69, 9.17) is 9.15 Å². The summed E-state index contributed by atoms with van der Waals surface area (Å²) in [6.45, 7) is 1.73. The van der Waals surface area contributed by atoms with Gasteiger partial charge in [-0.1, -0.05) is 6.07 Å². The van der Waals surface area contributed by atoms with Crippen molar-refractivity contribution in [2.24, 2.45) is 0 Å². The number of aromatic nitrogens is 2. The van der Waals surface area contributed by atoms with Crippen LogP contribution in [0.25, 0.3) is 11.0 Å². The maximum absolute atomic E-state index is 14.9. The fraction of sp³-hybridized carbons (Fsp3) is 0.136. The van der Waals surface area contributed by atoms with Gasteiger partial charge in [-0.15, -0.1) is 0 Å². The molecule has 0 aliphatic rings. The molecule has 9 nitrogen and oxygen atoms in total. The molecule has 0 aliphatic heterocycles. The summed E-state index contributed by atoms with van der Waals surface area (Å²) in [6.07, 6.45) is 2.74. The molecule has 171 valence electrons. The number of benzene rings is 1. The number of nitrogens with zero attached hydrogens (tertiary/aromatic N) is 2. The van der Waals surface area contributed by atoms with Crippen molar-refractivity contribution in [2.75, 3.05) is 11.8 Å². The minimum atomic E-state index is -3.96. The normalized spacial score (nSPS) is 11.1. The zero-order valence-electron chi connectivity index (χ0n) is 18.6. The molecule has 0 fully saturated rings. The smallest absolute Gasteiger partial charge is 0.340 e. The van der Waals surface area contributed by atoms with Gasteiger partial charge in [0.25, 0.3) is 10.2 Å². The molecule has 3 heterocycles. The number of rotatable bonds is 7. The Balaban J connectivity index is 0.00000324. The number of hydrogen-bond acceptors (Lipinski definition) is 7. The average Bonchev–Trinajstić information content (AvgIpc) is 2.79. The maximum atomic E-state index is 14.9. The van der Waals surface area contributed by atoms with Crippen LogP contribution in [0.5, 0.6) is 11.6 Å².